The molecule has 2 aliphatic heterocycles. The molecular weight excluding hydrogens is 244 g/mol. The van der Waals surface area contributed by atoms with Crippen LogP contribution in [0.4, 0.5) is 0 Å². The Morgan fingerprint density at radius 1 is 1.42 bits per heavy atom. The molecule has 0 spiro atoms. The van der Waals surface area contributed by atoms with Crippen molar-refractivity contribution in [3.8, 4) is 0 Å². The Hall–Kier alpha value is -2.35. The first kappa shape index (κ1) is 11.7. The van der Waals surface area contributed by atoms with Crippen molar-refractivity contribution in [1.29, 1.82) is 0 Å². The van der Waals surface area contributed by atoms with Gasteiger partial charge in [-0.1, -0.05) is 6.92 Å². The van der Waals surface area contributed by atoms with Crippen molar-refractivity contribution in [2.75, 3.05) is 0 Å². The molecule has 0 amide bonds. The second kappa shape index (κ2) is 4.09. The summed E-state index contributed by atoms with van der Waals surface area (Å²) in [4.78, 5) is 24.0. The summed E-state index contributed by atoms with van der Waals surface area (Å²) in [5.74, 6) is 0.0152. The fourth-order valence-corrected chi connectivity index (χ4v) is 2.28. The minimum absolute atomic E-state index is 0.203. The monoisotopic (exact) mass is 258 g/mol. The van der Waals surface area contributed by atoms with Gasteiger partial charge < -0.3 is 10.7 Å². The van der Waals surface area contributed by atoms with Crippen LogP contribution in [0.2, 0.25) is 0 Å². The lowest BCUT2D eigenvalue weighted by atomic mass is 9.96. The summed E-state index contributed by atoms with van der Waals surface area (Å²) in [5.41, 5.74) is 12.7. The van der Waals surface area contributed by atoms with E-state index in [1.54, 1.807) is 12.4 Å². The zero-order valence-electron chi connectivity index (χ0n) is 10.4. The number of aromatic amines is 1. The van der Waals surface area contributed by atoms with Crippen LogP contribution in [0.25, 0.3) is 0 Å². The molecule has 0 saturated carbocycles. The molecule has 98 valence electrons. The molecule has 2 unspecified atom stereocenters. The number of nitrogens with zero attached hydrogens (tertiary/aromatic N) is 5. The first-order valence-corrected chi connectivity index (χ1v) is 5.98. The lowest BCUT2D eigenvalue weighted by Crippen LogP contribution is -2.50. The summed E-state index contributed by atoms with van der Waals surface area (Å²) in [5, 5.41) is 0. The average molecular weight is 258 g/mol. The van der Waals surface area contributed by atoms with Gasteiger partial charge in [-0.3, -0.25) is 5.73 Å². The van der Waals surface area contributed by atoms with Gasteiger partial charge in [-0.05, 0) is 6.42 Å². The Morgan fingerprint density at radius 3 is 2.95 bits per heavy atom. The van der Waals surface area contributed by atoms with E-state index in [1.807, 2.05) is 6.92 Å². The van der Waals surface area contributed by atoms with Crippen molar-refractivity contribution in [3.05, 3.63) is 18.2 Å². The molecule has 2 atom stereocenters. The van der Waals surface area contributed by atoms with Gasteiger partial charge in [0.2, 0.25) is 5.79 Å². The second-order valence-corrected chi connectivity index (χ2v) is 4.37. The van der Waals surface area contributed by atoms with E-state index in [-0.39, 0.29) is 11.8 Å². The van der Waals surface area contributed by atoms with E-state index in [9.17, 15) is 0 Å². The lowest BCUT2D eigenvalue weighted by Gasteiger charge is -2.31. The van der Waals surface area contributed by atoms with Gasteiger partial charge in [-0.2, -0.15) is 0 Å². The summed E-state index contributed by atoms with van der Waals surface area (Å²) >= 11 is 0. The third-order valence-electron chi connectivity index (χ3n) is 3.18. The maximum atomic E-state index is 6.31. The standard InChI is InChI=1S/C11H14N8/c1-2-6(9-14-3-4-15-9)11(13)18-8(12)7-10(19-11)17-5-16-7/h3-6H,2,13H2,1H3,(H2,12,18)(H,14,15). The number of nitrogens with two attached hydrogens (primary N) is 2. The third kappa shape index (κ3) is 1.76. The summed E-state index contributed by atoms with van der Waals surface area (Å²) in [6, 6.07) is 0. The summed E-state index contributed by atoms with van der Waals surface area (Å²) < 4.78 is 0. The van der Waals surface area contributed by atoms with Gasteiger partial charge in [0.25, 0.3) is 0 Å². The number of hydrogen-bond acceptors (Lipinski definition) is 7. The lowest BCUT2D eigenvalue weighted by molar-refractivity contribution is 0.354. The van der Waals surface area contributed by atoms with Crippen molar-refractivity contribution >= 4 is 23.7 Å². The van der Waals surface area contributed by atoms with E-state index in [1.165, 1.54) is 6.34 Å². The molecule has 1 aromatic rings. The Labute approximate surface area is 109 Å². The predicted molar refractivity (Wildman–Crippen MR) is 73.5 cm³/mol. The quantitative estimate of drug-likeness (QED) is 0.692. The van der Waals surface area contributed by atoms with Gasteiger partial charge >= 0.3 is 0 Å². The number of imidazole rings is 1. The maximum absolute atomic E-state index is 6.31. The fraction of sp³-hybridized carbons (Fsp3) is 0.364. The molecule has 19 heavy (non-hydrogen) atoms. The van der Waals surface area contributed by atoms with E-state index in [0.29, 0.717) is 18.0 Å². The Morgan fingerprint density at radius 2 is 2.26 bits per heavy atom. The van der Waals surface area contributed by atoms with Crippen LogP contribution in [0.5, 0.6) is 0 Å². The van der Waals surface area contributed by atoms with Gasteiger partial charge in [0, 0.05) is 12.4 Å². The van der Waals surface area contributed by atoms with E-state index in [4.69, 9.17) is 11.5 Å². The van der Waals surface area contributed by atoms with Crippen molar-refractivity contribution in [3.63, 3.8) is 0 Å². The van der Waals surface area contributed by atoms with E-state index in [0.717, 1.165) is 5.82 Å². The van der Waals surface area contributed by atoms with Crippen LogP contribution >= 0.6 is 0 Å². The normalized spacial score (nSPS) is 26.5. The van der Waals surface area contributed by atoms with Crippen LogP contribution < -0.4 is 11.5 Å². The van der Waals surface area contributed by atoms with Crippen LogP contribution in [0.3, 0.4) is 0 Å². The van der Waals surface area contributed by atoms with Gasteiger partial charge in [0.05, 0.1) is 5.92 Å². The summed E-state index contributed by atoms with van der Waals surface area (Å²) in [6.07, 6.45) is 5.53. The van der Waals surface area contributed by atoms with Crippen LogP contribution in [0.15, 0.2) is 32.4 Å². The second-order valence-electron chi connectivity index (χ2n) is 4.37. The molecule has 0 radical (unpaired) electrons. The molecule has 5 N–H and O–H groups in total. The highest BCUT2D eigenvalue weighted by molar-refractivity contribution is 6.70. The molecule has 2 aliphatic rings. The van der Waals surface area contributed by atoms with Crippen LogP contribution in [-0.4, -0.2) is 39.5 Å². The molecule has 3 rings (SSSR count). The first-order valence-electron chi connectivity index (χ1n) is 5.98. The number of nitrogens with one attached hydrogen (secondary N) is 1. The fourth-order valence-electron chi connectivity index (χ4n) is 2.28. The number of H-pyrrole nitrogens is 1. The van der Waals surface area contributed by atoms with Crippen LogP contribution in [0.1, 0.15) is 25.1 Å². The Kier molecular flexibility index (Phi) is 2.53. The molecule has 0 aromatic carbocycles. The van der Waals surface area contributed by atoms with E-state index in [2.05, 4.69) is 29.9 Å². The number of aliphatic imine (C=N–C) groups is 4. The molecule has 0 bridgehead atoms. The maximum Gasteiger partial charge on any atom is 0.216 e. The molecular formula is C11H14N8. The molecule has 0 saturated heterocycles. The topological polar surface area (TPSA) is 130 Å². The molecule has 8 nitrogen and oxygen atoms in total. The molecule has 1 aromatic heterocycles. The highest BCUT2D eigenvalue weighted by Crippen LogP contribution is 2.32. The van der Waals surface area contributed by atoms with Crippen molar-refractivity contribution in [2.45, 2.75) is 25.0 Å². The summed E-state index contributed by atoms with van der Waals surface area (Å²) in [7, 11) is 0. The smallest absolute Gasteiger partial charge is 0.216 e. The number of rotatable bonds is 3. The highest BCUT2D eigenvalue weighted by atomic mass is 15.3. The van der Waals surface area contributed by atoms with Crippen LogP contribution in [0, 0.1) is 0 Å². The van der Waals surface area contributed by atoms with E-state index < -0.39 is 5.79 Å². The number of hydrogen-bond donors (Lipinski definition) is 3. The number of fused-ring (bicyclic) bond motifs is 1. The van der Waals surface area contributed by atoms with Crippen molar-refractivity contribution < 1.29 is 0 Å². The third-order valence-corrected chi connectivity index (χ3v) is 3.18. The van der Waals surface area contributed by atoms with Crippen LogP contribution in [-0.2, 0) is 0 Å². The molecule has 0 fully saturated rings. The predicted octanol–water partition coefficient (Wildman–Crippen LogP) is -0.232. The molecule has 0 aliphatic carbocycles. The van der Waals surface area contributed by atoms with Gasteiger partial charge in [-0.25, -0.2) is 25.0 Å². The zero-order valence-corrected chi connectivity index (χ0v) is 10.4. The van der Waals surface area contributed by atoms with Gasteiger partial charge in [-0.15, -0.1) is 0 Å². The first-order chi connectivity index (χ1) is 9.14. The minimum Gasteiger partial charge on any atom is -0.382 e. The highest BCUT2D eigenvalue weighted by Gasteiger charge is 2.41. The van der Waals surface area contributed by atoms with Crippen molar-refractivity contribution in [1.82, 2.24) is 9.97 Å². The Bertz CT molecular complexity index is 609. The summed E-state index contributed by atoms with van der Waals surface area (Å²) in [6.45, 7) is 2.00. The average Bonchev–Trinajstić information content (AvgIpc) is 2.99. The minimum atomic E-state index is -1.20. The van der Waals surface area contributed by atoms with E-state index >= 15 is 0 Å². The Balaban J connectivity index is 2.05. The van der Waals surface area contributed by atoms with Crippen molar-refractivity contribution in [2.24, 2.45) is 31.4 Å². The van der Waals surface area contributed by atoms with Gasteiger partial charge in [0.15, 0.2) is 17.4 Å². The van der Waals surface area contributed by atoms with Gasteiger partial charge in [0.1, 0.15) is 12.2 Å². The zero-order chi connectivity index (χ0) is 13.5. The molecule has 8 heteroatoms. The largest absolute Gasteiger partial charge is 0.382 e. The molecule has 3 heterocycles. The number of aromatic nitrogens is 2. The SMILES string of the molecule is CCC(c1ncc[nH]1)C1(N)N=C(N)C2=NC=NC2=N1. The number of amidine groups is 2.